The summed E-state index contributed by atoms with van der Waals surface area (Å²) in [5, 5.41) is 0. The molecular formula is C17H28N2. The summed E-state index contributed by atoms with van der Waals surface area (Å²) in [5.41, 5.74) is 10.2. The summed E-state index contributed by atoms with van der Waals surface area (Å²) >= 11 is 0. The molecule has 1 aromatic rings. The van der Waals surface area contributed by atoms with Gasteiger partial charge in [0.1, 0.15) is 0 Å². The molecule has 1 aliphatic carbocycles. The average Bonchev–Trinajstić information content (AvgIpc) is 2.29. The maximum Gasteiger partial charge on any atom is 0.0399 e. The largest absolute Gasteiger partial charge is 0.371 e. The Morgan fingerprint density at radius 3 is 2.63 bits per heavy atom. The number of hydrogen-bond acceptors (Lipinski definition) is 2. The smallest absolute Gasteiger partial charge is 0.0399 e. The van der Waals surface area contributed by atoms with Gasteiger partial charge in [0.25, 0.3) is 0 Å². The lowest BCUT2D eigenvalue weighted by molar-refractivity contribution is 0.318. The summed E-state index contributed by atoms with van der Waals surface area (Å²) in [6.07, 6.45) is 5.21. The van der Waals surface area contributed by atoms with Crippen LogP contribution >= 0.6 is 0 Å². The fraction of sp³-hybridized carbons (Fsp3) is 0.647. The van der Waals surface area contributed by atoms with Crippen LogP contribution < -0.4 is 10.6 Å². The highest BCUT2D eigenvalue weighted by Gasteiger charge is 2.21. The van der Waals surface area contributed by atoms with Crippen LogP contribution in [0.3, 0.4) is 0 Å². The molecule has 0 bridgehead atoms. The molecule has 106 valence electrons. The van der Waals surface area contributed by atoms with Gasteiger partial charge < -0.3 is 10.6 Å². The Morgan fingerprint density at radius 2 is 2.11 bits per heavy atom. The van der Waals surface area contributed by atoms with E-state index in [2.05, 4.69) is 43.9 Å². The Kier molecular flexibility index (Phi) is 4.87. The van der Waals surface area contributed by atoms with Gasteiger partial charge in [0, 0.05) is 24.8 Å². The molecule has 2 nitrogen and oxygen atoms in total. The molecule has 0 amide bonds. The van der Waals surface area contributed by atoms with Crippen LogP contribution in [0.5, 0.6) is 0 Å². The van der Waals surface area contributed by atoms with Crippen molar-refractivity contribution in [3.63, 3.8) is 0 Å². The van der Waals surface area contributed by atoms with Crippen LogP contribution in [-0.2, 0) is 6.42 Å². The van der Waals surface area contributed by atoms with Gasteiger partial charge in [-0.05, 0) is 57.6 Å². The second kappa shape index (κ2) is 6.42. The first-order chi connectivity index (χ1) is 9.10. The van der Waals surface area contributed by atoms with E-state index in [-0.39, 0.29) is 6.04 Å². The molecule has 1 atom stereocenters. The van der Waals surface area contributed by atoms with Crippen molar-refractivity contribution in [3.05, 3.63) is 29.3 Å². The summed E-state index contributed by atoms with van der Waals surface area (Å²) in [6.45, 7) is 8.82. The maximum absolute atomic E-state index is 6.01. The van der Waals surface area contributed by atoms with E-state index in [4.69, 9.17) is 5.73 Å². The summed E-state index contributed by atoms with van der Waals surface area (Å²) in [7, 11) is 0. The van der Waals surface area contributed by atoms with E-state index in [0.717, 1.165) is 18.9 Å². The second-order valence-electron chi connectivity index (χ2n) is 6.15. The summed E-state index contributed by atoms with van der Waals surface area (Å²) in [6, 6.07) is 7.05. The predicted octanol–water partition coefficient (Wildman–Crippen LogP) is 3.51. The molecule has 1 aliphatic rings. The normalized spacial score (nSPS) is 17.1. The Hall–Kier alpha value is -1.02. The third-order valence-electron chi connectivity index (χ3n) is 4.20. The number of aryl methyl sites for hydroxylation is 1. The van der Waals surface area contributed by atoms with Gasteiger partial charge >= 0.3 is 0 Å². The van der Waals surface area contributed by atoms with Gasteiger partial charge in [-0.2, -0.15) is 0 Å². The molecule has 1 aromatic carbocycles. The maximum atomic E-state index is 6.01. The van der Waals surface area contributed by atoms with Crippen molar-refractivity contribution in [2.75, 3.05) is 18.0 Å². The lowest BCUT2D eigenvalue weighted by atomic mass is 9.85. The van der Waals surface area contributed by atoms with Crippen LogP contribution in [-0.4, -0.2) is 19.1 Å². The van der Waals surface area contributed by atoms with Gasteiger partial charge in [-0.1, -0.05) is 24.1 Å². The highest BCUT2D eigenvalue weighted by molar-refractivity contribution is 5.55. The summed E-state index contributed by atoms with van der Waals surface area (Å²) < 4.78 is 0. The third kappa shape index (κ3) is 3.73. The molecule has 1 fully saturated rings. The molecule has 0 radical (unpaired) electrons. The van der Waals surface area contributed by atoms with Gasteiger partial charge in [-0.25, -0.2) is 0 Å². The molecule has 0 saturated heterocycles. The lowest BCUT2D eigenvalue weighted by Crippen LogP contribution is -2.33. The van der Waals surface area contributed by atoms with E-state index in [0.29, 0.717) is 0 Å². The minimum Gasteiger partial charge on any atom is -0.371 e. The van der Waals surface area contributed by atoms with Crippen LogP contribution in [0.4, 0.5) is 5.69 Å². The number of anilines is 1. The zero-order valence-electron chi connectivity index (χ0n) is 12.7. The van der Waals surface area contributed by atoms with Gasteiger partial charge in [-0.15, -0.1) is 0 Å². The Bertz CT molecular complexity index is 408. The number of rotatable bonds is 6. The number of hydrogen-bond donors (Lipinski definition) is 1. The van der Waals surface area contributed by atoms with Crippen LogP contribution in [0.2, 0.25) is 0 Å². The molecule has 19 heavy (non-hydrogen) atoms. The molecule has 0 heterocycles. The monoisotopic (exact) mass is 260 g/mol. The van der Waals surface area contributed by atoms with Crippen molar-refractivity contribution in [1.82, 2.24) is 0 Å². The highest BCUT2D eigenvalue weighted by atomic mass is 15.1. The molecule has 0 aliphatic heterocycles. The lowest BCUT2D eigenvalue weighted by Gasteiger charge is -2.34. The zero-order valence-corrected chi connectivity index (χ0v) is 12.7. The van der Waals surface area contributed by atoms with E-state index < -0.39 is 0 Å². The standard InChI is InChI=1S/C17H28N2/c1-4-19(12-15-6-5-7-15)17-9-8-13(2)10-16(17)11-14(3)18/h8-10,14-15H,4-7,11-12,18H2,1-3H3. The van der Waals surface area contributed by atoms with E-state index in [1.807, 2.05) is 0 Å². The SMILES string of the molecule is CCN(CC1CCC1)c1ccc(C)cc1CC(C)N. The Balaban J connectivity index is 2.19. The van der Waals surface area contributed by atoms with Crippen molar-refractivity contribution in [2.45, 2.75) is 52.5 Å². The highest BCUT2D eigenvalue weighted by Crippen LogP contribution is 2.30. The molecular weight excluding hydrogens is 232 g/mol. The first-order valence-electron chi connectivity index (χ1n) is 7.70. The second-order valence-corrected chi connectivity index (χ2v) is 6.15. The third-order valence-corrected chi connectivity index (χ3v) is 4.20. The van der Waals surface area contributed by atoms with Crippen LogP contribution in [0, 0.1) is 12.8 Å². The summed E-state index contributed by atoms with van der Waals surface area (Å²) in [4.78, 5) is 2.54. The van der Waals surface area contributed by atoms with Crippen molar-refractivity contribution in [1.29, 1.82) is 0 Å². The van der Waals surface area contributed by atoms with Gasteiger partial charge in [0.15, 0.2) is 0 Å². The number of benzene rings is 1. The van der Waals surface area contributed by atoms with Crippen molar-refractivity contribution < 1.29 is 0 Å². The van der Waals surface area contributed by atoms with Gasteiger partial charge in [0.2, 0.25) is 0 Å². The minimum atomic E-state index is 0.225. The van der Waals surface area contributed by atoms with Crippen LogP contribution in [0.15, 0.2) is 18.2 Å². The molecule has 0 spiro atoms. The Morgan fingerprint density at radius 1 is 1.37 bits per heavy atom. The molecule has 1 saturated carbocycles. The fourth-order valence-electron chi connectivity index (χ4n) is 2.92. The van der Waals surface area contributed by atoms with Crippen molar-refractivity contribution in [3.8, 4) is 0 Å². The molecule has 1 unspecified atom stereocenters. The van der Waals surface area contributed by atoms with E-state index in [1.54, 1.807) is 0 Å². The first kappa shape index (κ1) is 14.4. The predicted molar refractivity (Wildman–Crippen MR) is 83.8 cm³/mol. The average molecular weight is 260 g/mol. The first-order valence-corrected chi connectivity index (χ1v) is 7.70. The van der Waals surface area contributed by atoms with Gasteiger partial charge in [0.05, 0.1) is 0 Å². The van der Waals surface area contributed by atoms with Crippen molar-refractivity contribution in [2.24, 2.45) is 11.7 Å². The number of nitrogens with zero attached hydrogens (tertiary/aromatic N) is 1. The zero-order chi connectivity index (χ0) is 13.8. The molecule has 2 N–H and O–H groups in total. The topological polar surface area (TPSA) is 29.3 Å². The molecule has 0 aromatic heterocycles. The molecule has 2 rings (SSSR count). The van der Waals surface area contributed by atoms with E-state index in [1.165, 1.54) is 42.6 Å². The van der Waals surface area contributed by atoms with E-state index >= 15 is 0 Å². The van der Waals surface area contributed by atoms with Crippen LogP contribution in [0.25, 0.3) is 0 Å². The Labute approximate surface area is 118 Å². The quantitative estimate of drug-likeness (QED) is 0.848. The molecule has 2 heteroatoms. The summed E-state index contributed by atoms with van der Waals surface area (Å²) in [5.74, 6) is 0.907. The van der Waals surface area contributed by atoms with Crippen molar-refractivity contribution >= 4 is 5.69 Å². The van der Waals surface area contributed by atoms with Gasteiger partial charge in [-0.3, -0.25) is 0 Å². The minimum absolute atomic E-state index is 0.225. The van der Waals surface area contributed by atoms with Crippen LogP contribution in [0.1, 0.15) is 44.2 Å². The number of nitrogens with two attached hydrogens (primary N) is 1. The van der Waals surface area contributed by atoms with E-state index in [9.17, 15) is 0 Å². The fourth-order valence-corrected chi connectivity index (χ4v) is 2.92.